The van der Waals surface area contributed by atoms with E-state index in [9.17, 15) is 4.39 Å². The maximum Gasteiger partial charge on any atom is 0.207 e. The van der Waals surface area contributed by atoms with Crippen LogP contribution in [0.5, 0.6) is 0 Å². The molecule has 0 unspecified atom stereocenters. The maximum absolute atomic E-state index is 12.7. The van der Waals surface area contributed by atoms with Gasteiger partial charge in [-0.05, 0) is 31.2 Å². The maximum atomic E-state index is 12.7. The second kappa shape index (κ2) is 4.13. The van der Waals surface area contributed by atoms with Gasteiger partial charge in [-0.1, -0.05) is 0 Å². The minimum absolute atomic E-state index is 0.237. The van der Waals surface area contributed by atoms with Crippen molar-refractivity contribution in [3.8, 4) is 0 Å². The fraction of sp³-hybridized carbons (Fsp3) is 0.182. The molecule has 0 spiro atoms. The smallest absolute Gasteiger partial charge is 0.207 e. The third-order valence-corrected chi connectivity index (χ3v) is 2.16. The van der Waals surface area contributed by atoms with Gasteiger partial charge in [0.2, 0.25) is 5.95 Å². The number of rotatable bonds is 3. The molecule has 0 aliphatic carbocycles. The summed E-state index contributed by atoms with van der Waals surface area (Å²) in [6, 6.07) is 6.21. The van der Waals surface area contributed by atoms with Gasteiger partial charge in [-0.15, -0.1) is 0 Å². The van der Waals surface area contributed by atoms with Gasteiger partial charge in [-0.2, -0.15) is 0 Å². The summed E-state index contributed by atoms with van der Waals surface area (Å²) in [7, 11) is 0. The Bertz CT molecular complexity index is 433. The van der Waals surface area contributed by atoms with Gasteiger partial charge in [0.05, 0.1) is 0 Å². The summed E-state index contributed by atoms with van der Waals surface area (Å²) in [5.74, 6) is 0.531. The number of anilines is 2. The van der Waals surface area contributed by atoms with E-state index in [2.05, 4.69) is 10.3 Å². The Morgan fingerprint density at radius 3 is 2.73 bits per heavy atom. The number of aromatic nitrogens is 2. The summed E-state index contributed by atoms with van der Waals surface area (Å²) < 4.78 is 14.6. The van der Waals surface area contributed by atoms with Crippen molar-refractivity contribution in [1.82, 2.24) is 9.55 Å². The van der Waals surface area contributed by atoms with E-state index < -0.39 is 0 Å². The number of hydrogen-bond acceptors (Lipinski definition) is 2. The molecule has 78 valence electrons. The van der Waals surface area contributed by atoms with Gasteiger partial charge in [-0.3, -0.25) is 0 Å². The number of hydrogen-bond donors (Lipinski definition) is 1. The minimum Gasteiger partial charge on any atom is -0.326 e. The average Bonchev–Trinajstić information content (AvgIpc) is 2.69. The molecular weight excluding hydrogens is 193 g/mol. The summed E-state index contributed by atoms with van der Waals surface area (Å²) in [4.78, 5) is 4.16. The highest BCUT2D eigenvalue weighted by atomic mass is 19.1. The zero-order valence-corrected chi connectivity index (χ0v) is 8.44. The van der Waals surface area contributed by atoms with E-state index in [0.29, 0.717) is 0 Å². The molecule has 0 saturated carbocycles. The van der Waals surface area contributed by atoms with Crippen molar-refractivity contribution in [2.75, 3.05) is 5.32 Å². The molecule has 1 heterocycles. The zero-order valence-electron chi connectivity index (χ0n) is 8.44. The minimum atomic E-state index is -0.237. The Hall–Kier alpha value is -1.84. The van der Waals surface area contributed by atoms with Gasteiger partial charge < -0.3 is 9.88 Å². The first-order valence-electron chi connectivity index (χ1n) is 4.83. The summed E-state index contributed by atoms with van der Waals surface area (Å²) in [5, 5.41) is 3.12. The molecular formula is C11H12FN3. The van der Waals surface area contributed by atoms with Crippen molar-refractivity contribution in [2.45, 2.75) is 13.5 Å². The average molecular weight is 205 g/mol. The molecule has 0 fully saturated rings. The van der Waals surface area contributed by atoms with Crippen LogP contribution < -0.4 is 5.32 Å². The van der Waals surface area contributed by atoms with Crippen LogP contribution in [-0.2, 0) is 6.54 Å². The van der Waals surface area contributed by atoms with Gasteiger partial charge in [-0.25, -0.2) is 9.37 Å². The van der Waals surface area contributed by atoms with Crippen molar-refractivity contribution in [3.63, 3.8) is 0 Å². The molecule has 0 aliphatic heterocycles. The van der Waals surface area contributed by atoms with Crippen molar-refractivity contribution in [3.05, 3.63) is 42.5 Å². The Morgan fingerprint density at radius 1 is 1.33 bits per heavy atom. The van der Waals surface area contributed by atoms with Crippen molar-refractivity contribution in [1.29, 1.82) is 0 Å². The lowest BCUT2D eigenvalue weighted by atomic mass is 10.3. The normalized spacial score (nSPS) is 10.3. The molecule has 0 aliphatic rings. The molecule has 2 aromatic rings. The second-order valence-electron chi connectivity index (χ2n) is 3.17. The van der Waals surface area contributed by atoms with E-state index in [0.717, 1.165) is 18.2 Å². The van der Waals surface area contributed by atoms with Crippen LogP contribution in [0.4, 0.5) is 16.0 Å². The molecule has 0 radical (unpaired) electrons. The molecule has 2 rings (SSSR count). The van der Waals surface area contributed by atoms with Crippen LogP contribution in [0, 0.1) is 5.82 Å². The molecule has 3 nitrogen and oxygen atoms in total. The predicted molar refractivity (Wildman–Crippen MR) is 57.6 cm³/mol. The first-order chi connectivity index (χ1) is 7.29. The zero-order chi connectivity index (χ0) is 10.7. The molecule has 4 heteroatoms. The van der Waals surface area contributed by atoms with Crippen LogP contribution in [0.3, 0.4) is 0 Å². The van der Waals surface area contributed by atoms with Crippen LogP contribution in [0.15, 0.2) is 36.7 Å². The van der Waals surface area contributed by atoms with Gasteiger partial charge in [0.1, 0.15) is 5.82 Å². The van der Waals surface area contributed by atoms with Crippen molar-refractivity contribution >= 4 is 11.6 Å². The molecule has 0 atom stereocenters. The molecule has 0 bridgehead atoms. The number of nitrogens with one attached hydrogen (secondary N) is 1. The lowest BCUT2D eigenvalue weighted by Crippen LogP contribution is -2.01. The fourth-order valence-corrected chi connectivity index (χ4v) is 1.35. The third-order valence-electron chi connectivity index (χ3n) is 2.16. The van der Waals surface area contributed by atoms with Gasteiger partial charge >= 0.3 is 0 Å². The van der Waals surface area contributed by atoms with Gasteiger partial charge in [0.15, 0.2) is 0 Å². The summed E-state index contributed by atoms with van der Waals surface area (Å²) in [6.45, 7) is 2.89. The summed E-state index contributed by atoms with van der Waals surface area (Å²) in [5.41, 5.74) is 0.831. The van der Waals surface area contributed by atoms with Crippen molar-refractivity contribution < 1.29 is 4.39 Å². The Labute approximate surface area is 87.6 Å². The Morgan fingerprint density at radius 2 is 2.07 bits per heavy atom. The van der Waals surface area contributed by atoms with Gasteiger partial charge in [0, 0.05) is 24.6 Å². The highest BCUT2D eigenvalue weighted by Crippen LogP contribution is 2.14. The first kappa shape index (κ1) is 9.71. The molecule has 1 aromatic heterocycles. The topological polar surface area (TPSA) is 29.9 Å². The lowest BCUT2D eigenvalue weighted by Gasteiger charge is -2.07. The third kappa shape index (κ3) is 2.15. The highest BCUT2D eigenvalue weighted by Gasteiger charge is 2.00. The summed E-state index contributed by atoms with van der Waals surface area (Å²) >= 11 is 0. The monoisotopic (exact) mass is 205 g/mol. The SMILES string of the molecule is CCn1ccnc1Nc1ccc(F)cc1. The van der Waals surface area contributed by atoms with E-state index in [1.807, 2.05) is 17.7 Å². The largest absolute Gasteiger partial charge is 0.326 e. The second-order valence-corrected chi connectivity index (χ2v) is 3.17. The van der Waals surface area contributed by atoms with Gasteiger partial charge in [0.25, 0.3) is 0 Å². The van der Waals surface area contributed by atoms with Crippen LogP contribution in [0.1, 0.15) is 6.92 Å². The lowest BCUT2D eigenvalue weighted by molar-refractivity contribution is 0.628. The fourth-order valence-electron chi connectivity index (χ4n) is 1.35. The molecule has 1 N–H and O–H groups in total. The van der Waals surface area contributed by atoms with E-state index in [4.69, 9.17) is 0 Å². The molecule has 0 amide bonds. The van der Waals surface area contributed by atoms with Crippen LogP contribution in [-0.4, -0.2) is 9.55 Å². The number of halogens is 1. The van der Waals surface area contributed by atoms with E-state index in [1.54, 1.807) is 18.3 Å². The number of aryl methyl sites for hydroxylation is 1. The summed E-state index contributed by atoms with van der Waals surface area (Å²) in [6.07, 6.45) is 3.63. The number of imidazole rings is 1. The van der Waals surface area contributed by atoms with E-state index >= 15 is 0 Å². The first-order valence-corrected chi connectivity index (χ1v) is 4.83. The Balaban J connectivity index is 2.18. The Kier molecular flexibility index (Phi) is 2.67. The molecule has 15 heavy (non-hydrogen) atoms. The predicted octanol–water partition coefficient (Wildman–Crippen LogP) is 2.79. The molecule has 0 saturated heterocycles. The van der Waals surface area contributed by atoms with Crippen LogP contribution in [0.25, 0.3) is 0 Å². The number of benzene rings is 1. The van der Waals surface area contributed by atoms with E-state index in [-0.39, 0.29) is 5.82 Å². The van der Waals surface area contributed by atoms with Crippen LogP contribution in [0.2, 0.25) is 0 Å². The van der Waals surface area contributed by atoms with Crippen molar-refractivity contribution in [2.24, 2.45) is 0 Å². The molecule has 1 aromatic carbocycles. The van der Waals surface area contributed by atoms with E-state index in [1.165, 1.54) is 12.1 Å². The van der Waals surface area contributed by atoms with Crippen LogP contribution >= 0.6 is 0 Å². The highest BCUT2D eigenvalue weighted by molar-refractivity contribution is 5.53. The quantitative estimate of drug-likeness (QED) is 0.835. The number of nitrogens with zero attached hydrogens (tertiary/aromatic N) is 2. The standard InChI is InChI=1S/C11H12FN3/c1-2-15-8-7-13-11(15)14-10-5-3-9(12)4-6-10/h3-8H,2H2,1H3,(H,13,14).